The number of rotatable bonds is 1. The summed E-state index contributed by atoms with van der Waals surface area (Å²) in [6, 6.07) is 10.6. The van der Waals surface area contributed by atoms with Gasteiger partial charge in [0.15, 0.2) is 0 Å². The van der Waals surface area contributed by atoms with Crippen LogP contribution < -0.4 is 0 Å². The van der Waals surface area contributed by atoms with Gasteiger partial charge in [-0.25, -0.2) is 0 Å². The van der Waals surface area contributed by atoms with Crippen molar-refractivity contribution in [2.45, 2.75) is 24.0 Å². The molecule has 8 unspecified atom stereocenters. The van der Waals surface area contributed by atoms with Gasteiger partial charge in [-0.05, 0) is 47.5 Å². The maximum Gasteiger partial charge on any atom is 0.0677 e. The molecule has 7 rings (SSSR count). The molecule has 6 aliphatic carbocycles. The molecule has 0 amide bonds. The Labute approximate surface area is 112 Å². The number of aliphatic hydroxyl groups is 2. The van der Waals surface area contributed by atoms with Crippen LogP contribution in [0.25, 0.3) is 0 Å². The van der Waals surface area contributed by atoms with E-state index in [-0.39, 0.29) is 17.6 Å². The standard InChI is InChI=1S/C17H18O2/c18-15-12-8-6-9-11-10(8)14(15)17(13(9)12,16(11)19)7-4-2-1-3-5-7/h1-5,8-16,18-19H,6H2/t8?,9?,10?,11?,12?,13?,14?,15-,16+,17?/m1/s1. The largest absolute Gasteiger partial charge is 0.392 e. The van der Waals surface area contributed by atoms with Crippen LogP contribution >= 0.6 is 0 Å². The smallest absolute Gasteiger partial charge is 0.0677 e. The normalized spacial score (nSPS) is 65.9. The van der Waals surface area contributed by atoms with E-state index in [9.17, 15) is 10.2 Å². The first-order chi connectivity index (χ1) is 9.28. The van der Waals surface area contributed by atoms with E-state index in [0.29, 0.717) is 35.5 Å². The average molecular weight is 254 g/mol. The zero-order chi connectivity index (χ0) is 12.5. The van der Waals surface area contributed by atoms with Gasteiger partial charge in [-0.15, -0.1) is 0 Å². The number of hydrogen-bond acceptors (Lipinski definition) is 2. The minimum absolute atomic E-state index is 0.0989. The van der Waals surface area contributed by atoms with Crippen LogP contribution in [-0.2, 0) is 5.41 Å². The summed E-state index contributed by atoms with van der Waals surface area (Å²) in [5.41, 5.74) is 1.20. The van der Waals surface area contributed by atoms with Gasteiger partial charge in [0.2, 0.25) is 0 Å². The topological polar surface area (TPSA) is 40.5 Å². The molecule has 19 heavy (non-hydrogen) atoms. The maximum absolute atomic E-state index is 11.0. The molecule has 6 bridgehead atoms. The van der Waals surface area contributed by atoms with Crippen molar-refractivity contribution in [3.8, 4) is 0 Å². The fourth-order valence-electron chi connectivity index (χ4n) is 7.93. The van der Waals surface area contributed by atoms with Crippen LogP contribution in [0.1, 0.15) is 12.0 Å². The SMILES string of the molecule is O[C@@H]1C2C3CC4C5C3C1C(c1ccccc1)(C42)[C@H]5O. The lowest BCUT2D eigenvalue weighted by Crippen LogP contribution is -2.44. The molecule has 0 spiro atoms. The first-order valence-electron chi connectivity index (χ1n) is 7.69. The van der Waals surface area contributed by atoms with Crippen molar-refractivity contribution < 1.29 is 10.2 Å². The van der Waals surface area contributed by atoms with Crippen LogP contribution in [0.5, 0.6) is 0 Å². The molecule has 6 saturated carbocycles. The molecular weight excluding hydrogens is 236 g/mol. The summed E-state index contributed by atoms with van der Waals surface area (Å²) >= 11 is 0. The first-order valence-corrected chi connectivity index (χ1v) is 7.69. The second-order valence-corrected chi connectivity index (χ2v) is 7.58. The molecule has 2 nitrogen and oxygen atoms in total. The number of benzene rings is 1. The number of hydrogen-bond donors (Lipinski definition) is 2. The molecule has 2 heteroatoms. The van der Waals surface area contributed by atoms with Gasteiger partial charge in [-0.2, -0.15) is 0 Å². The Hall–Kier alpha value is -0.860. The molecule has 10 atom stereocenters. The summed E-state index contributed by atoms with van der Waals surface area (Å²) < 4.78 is 0. The van der Waals surface area contributed by atoms with Gasteiger partial charge in [0.1, 0.15) is 0 Å². The third-order valence-electron chi connectivity index (χ3n) is 7.76. The Bertz CT molecular complexity index is 580. The molecule has 0 saturated heterocycles. The summed E-state index contributed by atoms with van der Waals surface area (Å²) in [6.45, 7) is 0. The molecule has 0 heterocycles. The highest BCUT2D eigenvalue weighted by atomic mass is 16.3. The fourth-order valence-corrected chi connectivity index (χ4v) is 7.93. The van der Waals surface area contributed by atoms with Crippen molar-refractivity contribution in [2.24, 2.45) is 41.4 Å². The summed E-state index contributed by atoms with van der Waals surface area (Å²) in [6.07, 6.45) is 0.934. The van der Waals surface area contributed by atoms with Crippen molar-refractivity contribution >= 4 is 0 Å². The monoisotopic (exact) mass is 254 g/mol. The van der Waals surface area contributed by atoms with Gasteiger partial charge in [0.05, 0.1) is 12.2 Å². The van der Waals surface area contributed by atoms with Crippen molar-refractivity contribution in [2.75, 3.05) is 0 Å². The molecule has 1 aromatic carbocycles. The van der Waals surface area contributed by atoms with Crippen LogP contribution in [-0.4, -0.2) is 22.4 Å². The average Bonchev–Trinajstić information content (AvgIpc) is 3.15. The second-order valence-electron chi connectivity index (χ2n) is 7.58. The summed E-state index contributed by atoms with van der Waals surface area (Å²) in [7, 11) is 0. The van der Waals surface area contributed by atoms with Crippen LogP contribution in [0.2, 0.25) is 0 Å². The summed E-state index contributed by atoms with van der Waals surface area (Å²) in [5.74, 6) is 3.93. The minimum Gasteiger partial charge on any atom is -0.392 e. The predicted octanol–water partition coefficient (Wildman–Crippen LogP) is 1.42. The van der Waals surface area contributed by atoms with Gasteiger partial charge >= 0.3 is 0 Å². The van der Waals surface area contributed by atoms with E-state index in [0.717, 1.165) is 5.92 Å². The number of aliphatic hydroxyl groups excluding tert-OH is 2. The van der Waals surface area contributed by atoms with E-state index in [1.54, 1.807) is 0 Å². The van der Waals surface area contributed by atoms with Crippen molar-refractivity contribution in [1.82, 2.24) is 0 Å². The first kappa shape index (κ1) is 9.95. The zero-order valence-corrected chi connectivity index (χ0v) is 10.7. The predicted molar refractivity (Wildman–Crippen MR) is 69.2 cm³/mol. The van der Waals surface area contributed by atoms with Crippen molar-refractivity contribution in [3.05, 3.63) is 35.9 Å². The zero-order valence-electron chi connectivity index (χ0n) is 10.7. The highest BCUT2D eigenvalue weighted by molar-refractivity contribution is 5.47. The maximum atomic E-state index is 11.0. The lowest BCUT2D eigenvalue weighted by atomic mass is 9.61. The lowest BCUT2D eigenvalue weighted by Gasteiger charge is -2.42. The van der Waals surface area contributed by atoms with E-state index in [2.05, 4.69) is 24.3 Å². The molecule has 98 valence electrons. The van der Waals surface area contributed by atoms with Crippen LogP contribution in [0.4, 0.5) is 0 Å². The molecule has 0 radical (unpaired) electrons. The molecule has 1 aromatic rings. The molecule has 6 aliphatic rings. The van der Waals surface area contributed by atoms with E-state index in [1.165, 1.54) is 12.0 Å². The van der Waals surface area contributed by atoms with Gasteiger partial charge in [-0.3, -0.25) is 0 Å². The minimum atomic E-state index is -0.202. The van der Waals surface area contributed by atoms with Crippen LogP contribution in [0, 0.1) is 41.4 Å². The molecule has 0 aromatic heterocycles. The summed E-state index contributed by atoms with van der Waals surface area (Å²) in [4.78, 5) is 0. The molecule has 2 N–H and O–H groups in total. The molecule has 6 fully saturated rings. The molecular formula is C17H18O2. The quantitative estimate of drug-likeness (QED) is 0.795. The third-order valence-corrected chi connectivity index (χ3v) is 7.76. The Balaban J connectivity index is 1.68. The van der Waals surface area contributed by atoms with Crippen LogP contribution in [0.3, 0.4) is 0 Å². The van der Waals surface area contributed by atoms with Crippen LogP contribution in [0.15, 0.2) is 30.3 Å². The Kier molecular flexibility index (Phi) is 1.38. The van der Waals surface area contributed by atoms with Gasteiger partial charge in [-0.1, -0.05) is 30.3 Å². The highest BCUT2D eigenvalue weighted by Gasteiger charge is 2.89. The van der Waals surface area contributed by atoms with Gasteiger partial charge in [0.25, 0.3) is 0 Å². The third kappa shape index (κ3) is 0.696. The van der Waals surface area contributed by atoms with Gasteiger partial charge in [0, 0.05) is 11.3 Å². The fraction of sp³-hybridized carbons (Fsp3) is 0.647. The van der Waals surface area contributed by atoms with E-state index in [1.807, 2.05) is 6.07 Å². The second kappa shape index (κ2) is 2.64. The molecule has 0 aliphatic heterocycles. The highest BCUT2D eigenvalue weighted by Crippen LogP contribution is 2.86. The Morgan fingerprint density at radius 2 is 1.68 bits per heavy atom. The Morgan fingerprint density at radius 1 is 0.895 bits per heavy atom. The Morgan fingerprint density at radius 3 is 2.47 bits per heavy atom. The van der Waals surface area contributed by atoms with E-state index in [4.69, 9.17) is 0 Å². The van der Waals surface area contributed by atoms with Crippen molar-refractivity contribution in [1.29, 1.82) is 0 Å². The van der Waals surface area contributed by atoms with Crippen molar-refractivity contribution in [3.63, 3.8) is 0 Å². The van der Waals surface area contributed by atoms with Gasteiger partial charge < -0.3 is 10.2 Å². The van der Waals surface area contributed by atoms with E-state index < -0.39 is 0 Å². The van der Waals surface area contributed by atoms with E-state index >= 15 is 0 Å². The summed E-state index contributed by atoms with van der Waals surface area (Å²) in [5, 5.41) is 21.8. The lowest BCUT2D eigenvalue weighted by molar-refractivity contribution is 0.0683.